The largest absolute Gasteiger partial charge is 0.368 e. The Balaban J connectivity index is 2.86. The van der Waals surface area contributed by atoms with Crippen LogP contribution in [0, 0.1) is 11.3 Å². The molecule has 0 aromatic rings. The number of rotatable bonds is 8. The molecular weight excluding hydrogens is 250 g/mol. The van der Waals surface area contributed by atoms with Crippen molar-refractivity contribution in [3.05, 3.63) is 0 Å². The summed E-state index contributed by atoms with van der Waals surface area (Å²) in [4.78, 5) is 14.4. The highest BCUT2D eigenvalue weighted by molar-refractivity contribution is 5.86. The van der Waals surface area contributed by atoms with Gasteiger partial charge in [-0.25, -0.2) is 0 Å². The van der Waals surface area contributed by atoms with Gasteiger partial charge < -0.3 is 16.0 Å². The van der Waals surface area contributed by atoms with E-state index in [2.05, 4.69) is 51.9 Å². The Morgan fingerprint density at radius 2 is 1.95 bits per heavy atom. The van der Waals surface area contributed by atoms with Gasteiger partial charge in [0.25, 0.3) is 0 Å². The van der Waals surface area contributed by atoms with Gasteiger partial charge >= 0.3 is 0 Å². The molecule has 1 amide bonds. The number of nitrogens with two attached hydrogens (primary N) is 1. The van der Waals surface area contributed by atoms with Gasteiger partial charge in [0.1, 0.15) is 5.54 Å². The quantitative estimate of drug-likeness (QED) is 0.716. The van der Waals surface area contributed by atoms with E-state index in [1.165, 1.54) is 0 Å². The van der Waals surface area contributed by atoms with Crippen molar-refractivity contribution in [3.63, 3.8) is 0 Å². The standard InChI is InChI=1S/C16H33N3O/c1-7-10-18-16(14(17)20,13-8-9-13)11-19(6)12(2)15(3,4)5/h12-13,18H,7-11H2,1-6H3,(H2,17,20). The Labute approximate surface area is 124 Å². The lowest BCUT2D eigenvalue weighted by molar-refractivity contribution is -0.126. The fourth-order valence-electron chi connectivity index (χ4n) is 2.81. The van der Waals surface area contributed by atoms with Crippen LogP contribution >= 0.6 is 0 Å². The molecule has 2 unspecified atom stereocenters. The minimum absolute atomic E-state index is 0.187. The molecule has 0 bridgehead atoms. The number of nitrogens with one attached hydrogen (secondary N) is 1. The second-order valence-corrected chi connectivity index (χ2v) is 7.49. The molecule has 4 heteroatoms. The third-order valence-electron chi connectivity index (χ3n) is 4.82. The minimum atomic E-state index is -0.551. The predicted molar refractivity (Wildman–Crippen MR) is 84.5 cm³/mol. The average Bonchev–Trinajstić information content (AvgIpc) is 3.16. The van der Waals surface area contributed by atoms with Gasteiger partial charge in [0.2, 0.25) is 5.91 Å². The van der Waals surface area contributed by atoms with Crippen LogP contribution in [0.25, 0.3) is 0 Å². The van der Waals surface area contributed by atoms with Crippen LogP contribution in [0.5, 0.6) is 0 Å². The highest BCUT2D eigenvalue weighted by Gasteiger charge is 2.50. The summed E-state index contributed by atoms with van der Waals surface area (Å²) in [7, 11) is 2.10. The summed E-state index contributed by atoms with van der Waals surface area (Å²) in [6, 6.07) is 0.392. The van der Waals surface area contributed by atoms with E-state index < -0.39 is 5.54 Å². The minimum Gasteiger partial charge on any atom is -0.368 e. The van der Waals surface area contributed by atoms with Gasteiger partial charge in [0.05, 0.1) is 0 Å². The molecule has 0 saturated heterocycles. The van der Waals surface area contributed by atoms with Crippen molar-refractivity contribution in [1.29, 1.82) is 0 Å². The Hall–Kier alpha value is -0.610. The van der Waals surface area contributed by atoms with Gasteiger partial charge in [-0.15, -0.1) is 0 Å². The summed E-state index contributed by atoms with van der Waals surface area (Å²) in [5, 5.41) is 3.47. The van der Waals surface area contributed by atoms with E-state index in [1.54, 1.807) is 0 Å². The topological polar surface area (TPSA) is 58.4 Å². The number of carbonyl (C=O) groups is 1. The lowest BCUT2D eigenvalue weighted by Gasteiger charge is -2.42. The van der Waals surface area contributed by atoms with E-state index in [0.29, 0.717) is 18.5 Å². The van der Waals surface area contributed by atoms with Gasteiger partial charge in [-0.3, -0.25) is 4.79 Å². The highest BCUT2D eigenvalue weighted by atomic mass is 16.1. The van der Waals surface area contributed by atoms with Crippen molar-refractivity contribution in [2.45, 2.75) is 65.5 Å². The zero-order chi connectivity index (χ0) is 15.6. The van der Waals surface area contributed by atoms with Crippen LogP contribution < -0.4 is 11.1 Å². The molecule has 0 radical (unpaired) electrons. The third kappa shape index (κ3) is 3.95. The number of nitrogens with zero attached hydrogens (tertiary/aromatic N) is 1. The zero-order valence-corrected chi connectivity index (χ0v) is 14.1. The summed E-state index contributed by atoms with van der Waals surface area (Å²) in [5.41, 5.74) is 5.42. The molecular formula is C16H33N3O. The Morgan fingerprint density at radius 1 is 1.40 bits per heavy atom. The highest BCUT2D eigenvalue weighted by Crippen LogP contribution is 2.40. The van der Waals surface area contributed by atoms with E-state index in [1.807, 2.05) is 0 Å². The van der Waals surface area contributed by atoms with Gasteiger partial charge in [-0.05, 0) is 51.1 Å². The fraction of sp³-hybridized carbons (Fsp3) is 0.938. The lowest BCUT2D eigenvalue weighted by atomic mass is 9.84. The van der Waals surface area contributed by atoms with Gasteiger partial charge in [-0.2, -0.15) is 0 Å². The molecule has 0 aromatic carbocycles. The van der Waals surface area contributed by atoms with Crippen LogP contribution in [-0.4, -0.2) is 42.5 Å². The van der Waals surface area contributed by atoms with Crippen molar-refractivity contribution in [1.82, 2.24) is 10.2 Å². The first-order valence-electron chi connectivity index (χ1n) is 7.90. The predicted octanol–water partition coefficient (Wildman–Crippen LogP) is 1.99. The maximum Gasteiger partial charge on any atom is 0.239 e. The van der Waals surface area contributed by atoms with Crippen LogP contribution in [0.3, 0.4) is 0 Å². The van der Waals surface area contributed by atoms with Crippen molar-refractivity contribution in [2.24, 2.45) is 17.1 Å². The Kier molecular flexibility index (Phi) is 5.61. The number of amides is 1. The summed E-state index contributed by atoms with van der Waals surface area (Å²) >= 11 is 0. The molecule has 2 atom stereocenters. The first-order chi connectivity index (χ1) is 9.15. The SMILES string of the molecule is CCCNC(CN(C)C(C)C(C)(C)C)(C(N)=O)C1CC1. The molecule has 1 rings (SSSR count). The molecule has 3 N–H and O–H groups in total. The number of carbonyl (C=O) groups excluding carboxylic acids is 1. The van der Waals surface area contributed by atoms with E-state index >= 15 is 0 Å². The summed E-state index contributed by atoms with van der Waals surface area (Å²) in [6.07, 6.45) is 3.23. The molecule has 118 valence electrons. The molecule has 1 aliphatic carbocycles. The molecule has 4 nitrogen and oxygen atoms in total. The Bertz CT molecular complexity index is 333. The van der Waals surface area contributed by atoms with E-state index in [0.717, 1.165) is 25.8 Å². The molecule has 1 fully saturated rings. The summed E-state index contributed by atoms with van der Waals surface area (Å²) in [6.45, 7) is 12.6. The Morgan fingerprint density at radius 3 is 2.30 bits per heavy atom. The first-order valence-corrected chi connectivity index (χ1v) is 7.90. The van der Waals surface area contributed by atoms with Gasteiger partial charge in [0.15, 0.2) is 0 Å². The van der Waals surface area contributed by atoms with Crippen molar-refractivity contribution < 1.29 is 4.79 Å². The van der Waals surface area contributed by atoms with E-state index in [4.69, 9.17) is 5.73 Å². The fourth-order valence-corrected chi connectivity index (χ4v) is 2.81. The van der Waals surface area contributed by atoms with E-state index in [9.17, 15) is 4.79 Å². The lowest BCUT2D eigenvalue weighted by Crippen LogP contribution is -2.64. The maximum absolute atomic E-state index is 12.1. The summed E-state index contributed by atoms with van der Waals surface area (Å²) in [5.74, 6) is 0.211. The van der Waals surface area contributed by atoms with Crippen LogP contribution in [0.15, 0.2) is 0 Å². The van der Waals surface area contributed by atoms with Crippen molar-refractivity contribution in [3.8, 4) is 0 Å². The zero-order valence-electron chi connectivity index (χ0n) is 14.1. The van der Waals surface area contributed by atoms with Crippen molar-refractivity contribution in [2.75, 3.05) is 20.1 Å². The van der Waals surface area contributed by atoms with Gasteiger partial charge in [0, 0.05) is 12.6 Å². The summed E-state index contributed by atoms with van der Waals surface area (Å²) < 4.78 is 0. The molecule has 0 heterocycles. The first kappa shape index (κ1) is 17.4. The van der Waals surface area contributed by atoms with Crippen LogP contribution in [0.2, 0.25) is 0 Å². The van der Waals surface area contributed by atoms with E-state index in [-0.39, 0.29) is 11.3 Å². The second-order valence-electron chi connectivity index (χ2n) is 7.49. The second kappa shape index (κ2) is 6.44. The average molecular weight is 283 g/mol. The molecule has 0 spiro atoms. The number of hydrogen-bond donors (Lipinski definition) is 2. The third-order valence-corrected chi connectivity index (χ3v) is 4.82. The van der Waals surface area contributed by atoms with Crippen molar-refractivity contribution >= 4 is 5.91 Å². The van der Waals surface area contributed by atoms with Crippen LogP contribution in [0.4, 0.5) is 0 Å². The molecule has 20 heavy (non-hydrogen) atoms. The molecule has 0 aliphatic heterocycles. The smallest absolute Gasteiger partial charge is 0.239 e. The number of likely N-dealkylation sites (N-methyl/N-ethyl adjacent to an activating group) is 1. The number of hydrogen-bond acceptors (Lipinski definition) is 3. The maximum atomic E-state index is 12.1. The molecule has 0 aromatic heterocycles. The normalized spacial score (nSPS) is 20.8. The monoisotopic (exact) mass is 283 g/mol. The van der Waals surface area contributed by atoms with Gasteiger partial charge in [-0.1, -0.05) is 27.7 Å². The molecule has 1 aliphatic rings. The number of primary amides is 1. The van der Waals surface area contributed by atoms with Crippen LogP contribution in [-0.2, 0) is 4.79 Å². The molecule has 1 saturated carbocycles. The van der Waals surface area contributed by atoms with Crippen LogP contribution in [0.1, 0.15) is 53.9 Å².